The molecule has 0 spiro atoms. The molecule has 2 amide bonds. The summed E-state index contributed by atoms with van der Waals surface area (Å²) >= 11 is 1.39. The van der Waals surface area contributed by atoms with Crippen molar-refractivity contribution in [1.29, 1.82) is 0 Å². The molecular weight excluding hydrogens is 430 g/mol. The van der Waals surface area contributed by atoms with Gasteiger partial charge in [0.05, 0.1) is 23.0 Å². The predicted molar refractivity (Wildman–Crippen MR) is 120 cm³/mol. The average Bonchev–Trinajstić information content (AvgIpc) is 3.34. The molecule has 0 aliphatic heterocycles. The lowest BCUT2D eigenvalue weighted by molar-refractivity contribution is 0.0650. The molecule has 0 saturated carbocycles. The molecule has 1 aromatic heterocycles. The summed E-state index contributed by atoms with van der Waals surface area (Å²) < 4.78 is 10.5. The number of rotatable bonds is 10. The van der Waals surface area contributed by atoms with Crippen LogP contribution in [0.3, 0.4) is 0 Å². The number of alkyl carbamates (subject to hydrolysis) is 1. The van der Waals surface area contributed by atoms with Gasteiger partial charge in [0.25, 0.3) is 0 Å². The highest BCUT2D eigenvalue weighted by atomic mass is 32.1. The van der Waals surface area contributed by atoms with E-state index in [9.17, 15) is 14.7 Å². The van der Waals surface area contributed by atoms with Crippen molar-refractivity contribution in [1.82, 2.24) is 15.2 Å². The molecule has 0 aliphatic rings. The van der Waals surface area contributed by atoms with Crippen molar-refractivity contribution >= 4 is 23.5 Å². The van der Waals surface area contributed by atoms with Crippen molar-refractivity contribution in [2.24, 2.45) is 0 Å². The lowest BCUT2D eigenvalue weighted by Gasteiger charge is -2.25. The lowest BCUT2D eigenvalue weighted by Crippen LogP contribution is -2.42. The van der Waals surface area contributed by atoms with Gasteiger partial charge in [-0.1, -0.05) is 60.7 Å². The van der Waals surface area contributed by atoms with E-state index >= 15 is 0 Å². The number of aromatic nitrogens is 1. The Labute approximate surface area is 190 Å². The molecule has 0 aliphatic carbocycles. The summed E-state index contributed by atoms with van der Waals surface area (Å²) in [6.45, 7) is 0.413. The monoisotopic (exact) mass is 455 g/mol. The fraction of sp³-hybridized carbons (Fsp3) is 0.261. The molecular formula is C23H25N3O5S. The summed E-state index contributed by atoms with van der Waals surface area (Å²) in [6, 6.07) is 18.7. The number of aliphatic hydroxyl groups is 1. The van der Waals surface area contributed by atoms with Crippen LogP contribution in [0.1, 0.15) is 16.0 Å². The van der Waals surface area contributed by atoms with E-state index in [2.05, 4.69) is 10.3 Å². The van der Waals surface area contributed by atoms with Crippen LogP contribution in [0.15, 0.2) is 72.4 Å². The number of carbonyl (C=O) groups excluding carboxylic acids is 2. The fourth-order valence-electron chi connectivity index (χ4n) is 2.84. The maximum atomic E-state index is 12.6. The first-order chi connectivity index (χ1) is 15.6. The highest BCUT2D eigenvalue weighted by molar-refractivity contribution is 7.09. The second kappa shape index (κ2) is 12.4. The molecule has 9 heteroatoms. The van der Waals surface area contributed by atoms with E-state index in [0.717, 1.165) is 16.0 Å². The first-order valence-electron chi connectivity index (χ1n) is 10.1. The Morgan fingerprint density at radius 3 is 2.34 bits per heavy atom. The Balaban J connectivity index is 1.49. The summed E-state index contributed by atoms with van der Waals surface area (Å²) in [6.07, 6.45) is -0.568. The summed E-state index contributed by atoms with van der Waals surface area (Å²) in [7, 11) is 0. The number of hydrogen-bond acceptors (Lipinski definition) is 7. The first kappa shape index (κ1) is 23.2. The van der Waals surface area contributed by atoms with E-state index in [1.54, 1.807) is 11.7 Å². The molecule has 0 saturated heterocycles. The van der Waals surface area contributed by atoms with Crippen LogP contribution < -0.4 is 5.32 Å². The van der Waals surface area contributed by atoms with Crippen LogP contribution in [-0.2, 0) is 29.2 Å². The number of carbonyl (C=O) groups is 2. The number of thiazole rings is 1. The topological polar surface area (TPSA) is 101 Å². The van der Waals surface area contributed by atoms with Crippen molar-refractivity contribution in [3.05, 3.63) is 88.4 Å². The Bertz CT molecular complexity index is 954. The third-order valence-electron chi connectivity index (χ3n) is 4.42. The van der Waals surface area contributed by atoms with Crippen molar-refractivity contribution in [2.45, 2.75) is 25.9 Å². The zero-order chi connectivity index (χ0) is 22.6. The third kappa shape index (κ3) is 8.01. The van der Waals surface area contributed by atoms with E-state index in [4.69, 9.17) is 9.47 Å². The van der Waals surface area contributed by atoms with Crippen molar-refractivity contribution < 1.29 is 24.2 Å². The molecule has 2 N–H and O–H groups in total. The van der Waals surface area contributed by atoms with Gasteiger partial charge in [-0.25, -0.2) is 9.59 Å². The summed E-state index contributed by atoms with van der Waals surface area (Å²) in [5.41, 5.74) is 3.42. The Kier molecular flexibility index (Phi) is 9.03. The van der Waals surface area contributed by atoms with Crippen LogP contribution in [0.4, 0.5) is 9.59 Å². The number of benzene rings is 2. The van der Waals surface area contributed by atoms with Gasteiger partial charge in [-0.2, -0.15) is 0 Å². The zero-order valence-corrected chi connectivity index (χ0v) is 18.2. The van der Waals surface area contributed by atoms with Gasteiger partial charge in [-0.05, 0) is 11.1 Å². The molecule has 2 aromatic carbocycles. The predicted octanol–water partition coefficient (Wildman–Crippen LogP) is 3.57. The molecule has 1 unspecified atom stereocenters. The smallest absolute Gasteiger partial charge is 0.410 e. The van der Waals surface area contributed by atoms with Gasteiger partial charge in [0, 0.05) is 19.3 Å². The number of ether oxygens (including phenoxy) is 2. The molecule has 1 atom stereocenters. The number of amides is 2. The van der Waals surface area contributed by atoms with Crippen molar-refractivity contribution in [3.63, 3.8) is 0 Å². The van der Waals surface area contributed by atoms with E-state index in [1.807, 2.05) is 60.7 Å². The number of aliphatic hydroxyl groups excluding tert-OH is 1. The fourth-order valence-corrected chi connectivity index (χ4v) is 3.35. The van der Waals surface area contributed by atoms with E-state index in [0.29, 0.717) is 0 Å². The normalized spacial score (nSPS) is 11.4. The van der Waals surface area contributed by atoms with Gasteiger partial charge >= 0.3 is 12.2 Å². The minimum atomic E-state index is -1.00. The number of nitrogens with one attached hydrogen (secondary N) is 1. The van der Waals surface area contributed by atoms with Gasteiger partial charge in [0.2, 0.25) is 0 Å². The quantitative estimate of drug-likeness (QED) is 0.485. The van der Waals surface area contributed by atoms with Crippen LogP contribution >= 0.6 is 11.3 Å². The summed E-state index contributed by atoms with van der Waals surface area (Å²) in [5, 5.41) is 12.9. The summed E-state index contributed by atoms with van der Waals surface area (Å²) in [5.74, 6) is 0. The van der Waals surface area contributed by atoms with Crippen LogP contribution in [0.25, 0.3) is 0 Å². The van der Waals surface area contributed by atoms with Gasteiger partial charge in [-0.3, -0.25) is 4.98 Å². The second-order valence-corrected chi connectivity index (χ2v) is 7.96. The van der Waals surface area contributed by atoms with Crippen molar-refractivity contribution in [3.8, 4) is 0 Å². The molecule has 0 radical (unpaired) electrons. The van der Waals surface area contributed by atoms with Crippen LogP contribution in [0.5, 0.6) is 0 Å². The standard InChI is InChI=1S/C23H25N3O5S/c27-20(11-25-22(28)30-15-19-9-5-2-6-10-19)14-26(13-18-7-3-1-4-8-18)23(29)31-16-21-12-24-17-32-21/h1-10,12,17,20,27H,11,13-16H2,(H,25,28). The molecule has 3 aromatic rings. The SMILES string of the molecule is O=C(NCC(O)CN(Cc1ccccc1)C(=O)OCc1cncs1)OCc1ccccc1. The molecule has 1 heterocycles. The highest BCUT2D eigenvalue weighted by Gasteiger charge is 2.20. The highest BCUT2D eigenvalue weighted by Crippen LogP contribution is 2.11. The summed E-state index contributed by atoms with van der Waals surface area (Å²) in [4.78, 5) is 30.7. The Morgan fingerprint density at radius 1 is 1.00 bits per heavy atom. The van der Waals surface area contributed by atoms with Crippen molar-refractivity contribution in [2.75, 3.05) is 13.1 Å². The molecule has 0 fully saturated rings. The van der Waals surface area contributed by atoms with Crippen LogP contribution in [0, 0.1) is 0 Å². The second-order valence-electron chi connectivity index (χ2n) is 6.98. The molecule has 8 nitrogen and oxygen atoms in total. The maximum Gasteiger partial charge on any atom is 0.410 e. The molecule has 32 heavy (non-hydrogen) atoms. The molecule has 0 bridgehead atoms. The third-order valence-corrected chi connectivity index (χ3v) is 5.17. The van der Waals surface area contributed by atoms with Gasteiger partial charge in [0.1, 0.15) is 13.2 Å². The van der Waals surface area contributed by atoms with Crippen LogP contribution in [0.2, 0.25) is 0 Å². The Hall–Kier alpha value is -3.43. The Morgan fingerprint density at radius 2 is 1.69 bits per heavy atom. The minimum Gasteiger partial charge on any atom is -0.445 e. The molecule has 3 rings (SSSR count). The lowest BCUT2D eigenvalue weighted by atomic mass is 10.2. The van der Waals surface area contributed by atoms with Gasteiger partial charge < -0.3 is 24.8 Å². The number of nitrogens with zero attached hydrogens (tertiary/aromatic N) is 2. The largest absolute Gasteiger partial charge is 0.445 e. The van der Waals surface area contributed by atoms with E-state index in [1.165, 1.54) is 16.2 Å². The van der Waals surface area contributed by atoms with E-state index < -0.39 is 18.3 Å². The van der Waals surface area contributed by atoms with Gasteiger partial charge in [-0.15, -0.1) is 11.3 Å². The first-order valence-corrected chi connectivity index (χ1v) is 10.9. The maximum absolute atomic E-state index is 12.6. The minimum absolute atomic E-state index is 0.0185. The zero-order valence-electron chi connectivity index (χ0n) is 17.4. The van der Waals surface area contributed by atoms with Crippen LogP contribution in [-0.4, -0.2) is 46.4 Å². The van der Waals surface area contributed by atoms with Gasteiger partial charge in [0.15, 0.2) is 0 Å². The molecule has 168 valence electrons. The average molecular weight is 456 g/mol. The van der Waals surface area contributed by atoms with E-state index in [-0.39, 0.29) is 32.8 Å². The number of hydrogen-bond donors (Lipinski definition) is 2.